The molecular weight excluding hydrogens is 358 g/mol. The van der Waals surface area contributed by atoms with E-state index in [0.717, 1.165) is 10.7 Å². The summed E-state index contributed by atoms with van der Waals surface area (Å²) in [6, 6.07) is 8.30. The molecule has 25 heavy (non-hydrogen) atoms. The van der Waals surface area contributed by atoms with E-state index in [1.807, 2.05) is 13.8 Å². The third kappa shape index (κ3) is 5.80. The first-order valence-electron chi connectivity index (χ1n) is 7.84. The zero-order chi connectivity index (χ0) is 18.3. The van der Waals surface area contributed by atoms with Crippen molar-refractivity contribution in [2.24, 2.45) is 4.99 Å². The Kier molecular flexibility index (Phi) is 6.91. The molecule has 2 rings (SSSR count). The highest BCUT2D eigenvalue weighted by Gasteiger charge is 2.12. The molecule has 1 aromatic heterocycles. The highest BCUT2D eigenvalue weighted by atomic mass is 32.2. The molecule has 136 valence electrons. The number of aliphatic imine (C=N–C) groups is 1. The van der Waals surface area contributed by atoms with Crippen LogP contribution in [0.4, 0.5) is 0 Å². The number of aryl methyl sites for hydroxylation is 2. The lowest BCUT2D eigenvalue weighted by Crippen LogP contribution is -2.41. The summed E-state index contributed by atoms with van der Waals surface area (Å²) in [4.78, 5) is 10.0. The Morgan fingerprint density at radius 2 is 1.88 bits per heavy atom. The maximum absolute atomic E-state index is 12.1. The van der Waals surface area contributed by atoms with Crippen LogP contribution in [0.1, 0.15) is 15.6 Å². The smallest absolute Gasteiger partial charge is 0.240 e. The fourth-order valence-corrected chi connectivity index (χ4v) is 3.97. The van der Waals surface area contributed by atoms with Crippen LogP contribution in [-0.4, -0.2) is 39.5 Å². The van der Waals surface area contributed by atoms with Crippen molar-refractivity contribution in [1.29, 1.82) is 0 Å². The van der Waals surface area contributed by atoms with Crippen molar-refractivity contribution in [3.8, 4) is 0 Å². The van der Waals surface area contributed by atoms with Gasteiger partial charge in [0.25, 0.3) is 0 Å². The van der Waals surface area contributed by atoms with E-state index in [-0.39, 0.29) is 11.4 Å². The summed E-state index contributed by atoms with van der Waals surface area (Å²) >= 11 is 1.65. The lowest BCUT2D eigenvalue weighted by molar-refractivity contribution is 0.580. The molecule has 7 nitrogen and oxygen atoms in total. The first-order chi connectivity index (χ1) is 11.9. The number of guanidine groups is 1. The number of hydrogen-bond donors (Lipinski definition) is 3. The molecule has 0 radical (unpaired) electrons. The van der Waals surface area contributed by atoms with Crippen molar-refractivity contribution < 1.29 is 8.42 Å². The van der Waals surface area contributed by atoms with Crippen molar-refractivity contribution in [1.82, 2.24) is 20.3 Å². The van der Waals surface area contributed by atoms with Crippen molar-refractivity contribution in [3.05, 3.63) is 45.9 Å². The van der Waals surface area contributed by atoms with Crippen molar-refractivity contribution >= 4 is 27.3 Å². The summed E-state index contributed by atoms with van der Waals surface area (Å²) < 4.78 is 26.8. The highest BCUT2D eigenvalue weighted by molar-refractivity contribution is 7.89. The lowest BCUT2D eigenvalue weighted by atomic mass is 10.4. The van der Waals surface area contributed by atoms with Gasteiger partial charge in [-0.2, -0.15) is 0 Å². The maximum Gasteiger partial charge on any atom is 0.240 e. The molecule has 0 unspecified atom stereocenters. The van der Waals surface area contributed by atoms with Crippen LogP contribution in [0.5, 0.6) is 0 Å². The SMILES string of the molecule is CN=C(NCCNS(=O)(=O)c1ccccc1)NCc1nc(C)c(C)s1. The number of benzene rings is 1. The first kappa shape index (κ1) is 19.4. The van der Waals surface area contributed by atoms with Gasteiger partial charge in [-0.3, -0.25) is 4.99 Å². The van der Waals surface area contributed by atoms with Gasteiger partial charge < -0.3 is 10.6 Å². The van der Waals surface area contributed by atoms with Crippen molar-refractivity contribution in [3.63, 3.8) is 0 Å². The number of thiazole rings is 1. The standard InChI is InChI=1S/C16H23N5O2S2/c1-12-13(2)24-15(21-12)11-19-16(17-3)18-9-10-20-25(22,23)14-7-5-4-6-8-14/h4-8,20H,9-11H2,1-3H3,(H2,17,18,19). The maximum atomic E-state index is 12.1. The van der Waals surface area contributed by atoms with Crippen molar-refractivity contribution in [2.45, 2.75) is 25.3 Å². The van der Waals surface area contributed by atoms with E-state index in [4.69, 9.17) is 0 Å². The molecule has 2 aromatic rings. The summed E-state index contributed by atoms with van der Waals surface area (Å²) in [5, 5.41) is 7.23. The zero-order valence-electron chi connectivity index (χ0n) is 14.5. The lowest BCUT2D eigenvalue weighted by Gasteiger charge is -2.11. The molecule has 0 atom stereocenters. The van der Waals surface area contributed by atoms with Gasteiger partial charge in [0.15, 0.2) is 5.96 Å². The monoisotopic (exact) mass is 381 g/mol. The van der Waals surface area contributed by atoms with Crippen LogP contribution in [-0.2, 0) is 16.6 Å². The molecule has 0 amide bonds. The Bertz CT molecular complexity index is 797. The van der Waals surface area contributed by atoms with E-state index in [1.54, 1.807) is 48.7 Å². The number of aromatic nitrogens is 1. The minimum atomic E-state index is -3.48. The predicted molar refractivity (Wildman–Crippen MR) is 101 cm³/mol. The topological polar surface area (TPSA) is 95.5 Å². The molecule has 0 spiro atoms. The minimum absolute atomic E-state index is 0.256. The number of hydrogen-bond acceptors (Lipinski definition) is 5. The largest absolute Gasteiger partial charge is 0.355 e. The average Bonchev–Trinajstić information content (AvgIpc) is 2.93. The third-order valence-corrected chi connectivity index (χ3v) is 6.02. The average molecular weight is 382 g/mol. The van der Waals surface area contributed by atoms with Crippen LogP contribution in [0.25, 0.3) is 0 Å². The minimum Gasteiger partial charge on any atom is -0.355 e. The summed E-state index contributed by atoms with van der Waals surface area (Å²) in [5.74, 6) is 0.601. The summed E-state index contributed by atoms with van der Waals surface area (Å²) in [6.07, 6.45) is 0. The van der Waals surface area contributed by atoms with Gasteiger partial charge in [0.05, 0.1) is 17.1 Å². The van der Waals surface area contributed by atoms with Gasteiger partial charge >= 0.3 is 0 Å². The second-order valence-electron chi connectivity index (χ2n) is 5.31. The van der Waals surface area contributed by atoms with Crippen LogP contribution >= 0.6 is 11.3 Å². The Hall–Kier alpha value is -1.97. The highest BCUT2D eigenvalue weighted by Crippen LogP contribution is 2.15. The predicted octanol–water partition coefficient (Wildman–Crippen LogP) is 1.40. The Morgan fingerprint density at radius 1 is 1.16 bits per heavy atom. The Labute approximate surface area is 152 Å². The van der Waals surface area contributed by atoms with Crippen LogP contribution in [0.3, 0.4) is 0 Å². The molecule has 0 fully saturated rings. The third-order valence-electron chi connectivity index (χ3n) is 3.47. The Morgan fingerprint density at radius 3 is 2.48 bits per heavy atom. The van der Waals surface area contributed by atoms with E-state index < -0.39 is 10.0 Å². The summed E-state index contributed by atoms with van der Waals surface area (Å²) in [6.45, 7) is 5.29. The van der Waals surface area contributed by atoms with E-state index in [0.29, 0.717) is 19.0 Å². The number of nitrogens with zero attached hydrogens (tertiary/aromatic N) is 2. The molecular formula is C16H23N5O2S2. The molecule has 0 bridgehead atoms. The molecule has 0 aliphatic rings. The normalized spacial score (nSPS) is 12.2. The van der Waals surface area contributed by atoms with E-state index in [2.05, 4.69) is 25.3 Å². The molecule has 1 aromatic carbocycles. The van der Waals surface area contributed by atoms with Crippen LogP contribution in [0.2, 0.25) is 0 Å². The number of rotatable bonds is 7. The number of sulfonamides is 1. The fraction of sp³-hybridized carbons (Fsp3) is 0.375. The van der Waals surface area contributed by atoms with Gasteiger partial charge in [0.2, 0.25) is 10.0 Å². The first-order valence-corrected chi connectivity index (χ1v) is 10.1. The number of nitrogens with one attached hydrogen (secondary N) is 3. The van der Waals surface area contributed by atoms with Gasteiger partial charge in [-0.15, -0.1) is 11.3 Å². The van der Waals surface area contributed by atoms with Crippen LogP contribution in [0.15, 0.2) is 40.2 Å². The fourth-order valence-electron chi connectivity index (χ4n) is 2.04. The summed E-state index contributed by atoms with van der Waals surface area (Å²) in [7, 11) is -1.81. The molecule has 1 heterocycles. The molecule has 0 aliphatic heterocycles. The second kappa shape index (κ2) is 8.93. The van der Waals surface area contributed by atoms with Gasteiger partial charge in [0, 0.05) is 25.0 Å². The van der Waals surface area contributed by atoms with Crippen LogP contribution in [0, 0.1) is 13.8 Å². The Balaban J connectivity index is 1.76. The van der Waals surface area contributed by atoms with Gasteiger partial charge in [-0.05, 0) is 26.0 Å². The quantitative estimate of drug-likeness (QED) is 0.383. The molecule has 0 saturated carbocycles. The van der Waals surface area contributed by atoms with E-state index in [1.165, 1.54) is 4.88 Å². The second-order valence-corrected chi connectivity index (χ2v) is 8.37. The van der Waals surface area contributed by atoms with E-state index >= 15 is 0 Å². The molecule has 0 aliphatic carbocycles. The van der Waals surface area contributed by atoms with Gasteiger partial charge in [-0.25, -0.2) is 18.1 Å². The molecule has 9 heteroatoms. The molecule has 3 N–H and O–H groups in total. The molecule has 0 saturated heterocycles. The van der Waals surface area contributed by atoms with Crippen LogP contribution < -0.4 is 15.4 Å². The summed E-state index contributed by atoms with van der Waals surface area (Å²) in [5.41, 5.74) is 1.04. The van der Waals surface area contributed by atoms with Gasteiger partial charge in [0.1, 0.15) is 5.01 Å². The van der Waals surface area contributed by atoms with Gasteiger partial charge in [-0.1, -0.05) is 18.2 Å². The zero-order valence-corrected chi connectivity index (χ0v) is 16.2. The van der Waals surface area contributed by atoms with E-state index in [9.17, 15) is 8.42 Å². The van der Waals surface area contributed by atoms with Crippen molar-refractivity contribution in [2.75, 3.05) is 20.1 Å².